The van der Waals surface area contributed by atoms with Gasteiger partial charge in [0.2, 0.25) is 0 Å². The van der Waals surface area contributed by atoms with Crippen LogP contribution in [0.5, 0.6) is 5.75 Å². The standard InChI is InChI=1S/C11H12N2O3/c12-4-7-9(14)2-1-8-11(7)6(5-13-8)3-10(15)16/h1-2,5,13-14H,3-4,12H2,(H,15,16). The highest BCUT2D eigenvalue weighted by atomic mass is 16.4. The predicted molar refractivity (Wildman–Crippen MR) is 59.2 cm³/mol. The van der Waals surface area contributed by atoms with Gasteiger partial charge in [-0.25, -0.2) is 0 Å². The molecule has 1 heterocycles. The average molecular weight is 220 g/mol. The van der Waals surface area contributed by atoms with E-state index in [-0.39, 0.29) is 18.7 Å². The number of hydrogen-bond acceptors (Lipinski definition) is 3. The molecule has 5 heteroatoms. The topological polar surface area (TPSA) is 99.3 Å². The van der Waals surface area contributed by atoms with Crippen molar-refractivity contribution in [3.8, 4) is 5.75 Å². The molecule has 16 heavy (non-hydrogen) atoms. The maximum atomic E-state index is 10.7. The van der Waals surface area contributed by atoms with E-state index < -0.39 is 5.97 Å². The fourth-order valence-corrected chi connectivity index (χ4v) is 1.87. The van der Waals surface area contributed by atoms with Crippen LogP contribution in [0.1, 0.15) is 11.1 Å². The van der Waals surface area contributed by atoms with Gasteiger partial charge in [0.25, 0.3) is 0 Å². The van der Waals surface area contributed by atoms with Crippen molar-refractivity contribution in [2.45, 2.75) is 13.0 Å². The molecule has 0 bridgehead atoms. The van der Waals surface area contributed by atoms with Crippen LogP contribution in [0, 0.1) is 0 Å². The smallest absolute Gasteiger partial charge is 0.307 e. The number of aromatic amines is 1. The van der Waals surface area contributed by atoms with E-state index in [1.165, 1.54) is 0 Å². The Morgan fingerprint density at radius 3 is 2.81 bits per heavy atom. The van der Waals surface area contributed by atoms with Crippen LogP contribution in [0.4, 0.5) is 0 Å². The van der Waals surface area contributed by atoms with Gasteiger partial charge in [0.1, 0.15) is 5.75 Å². The molecule has 0 spiro atoms. The van der Waals surface area contributed by atoms with Crippen LogP contribution in [0.15, 0.2) is 18.3 Å². The van der Waals surface area contributed by atoms with Gasteiger partial charge in [-0.2, -0.15) is 0 Å². The summed E-state index contributed by atoms with van der Waals surface area (Å²) in [5.41, 5.74) is 7.56. The largest absolute Gasteiger partial charge is 0.508 e. The SMILES string of the molecule is NCc1c(O)ccc2[nH]cc(CC(=O)O)c12. The molecule has 5 nitrogen and oxygen atoms in total. The molecular weight excluding hydrogens is 208 g/mol. The van der Waals surface area contributed by atoms with Crippen molar-refractivity contribution in [2.75, 3.05) is 0 Å². The zero-order chi connectivity index (χ0) is 11.7. The Morgan fingerprint density at radius 2 is 2.19 bits per heavy atom. The highest BCUT2D eigenvalue weighted by Crippen LogP contribution is 2.29. The van der Waals surface area contributed by atoms with Gasteiger partial charge < -0.3 is 20.9 Å². The van der Waals surface area contributed by atoms with Gasteiger partial charge in [-0.1, -0.05) is 0 Å². The Hall–Kier alpha value is -2.01. The molecule has 5 N–H and O–H groups in total. The molecule has 0 saturated carbocycles. The van der Waals surface area contributed by atoms with Gasteiger partial charge in [0, 0.05) is 29.2 Å². The number of aromatic nitrogens is 1. The predicted octanol–water partition coefficient (Wildman–Crippen LogP) is 0.959. The second kappa shape index (κ2) is 3.86. The molecule has 1 aromatic carbocycles. The first kappa shape index (κ1) is 10.5. The summed E-state index contributed by atoms with van der Waals surface area (Å²) in [6, 6.07) is 3.25. The molecule has 1 aromatic heterocycles. The van der Waals surface area contributed by atoms with E-state index in [2.05, 4.69) is 4.98 Å². The molecule has 0 aliphatic heterocycles. The van der Waals surface area contributed by atoms with Crippen LogP contribution in [-0.4, -0.2) is 21.2 Å². The zero-order valence-corrected chi connectivity index (χ0v) is 8.53. The molecule has 0 atom stereocenters. The molecule has 0 aliphatic rings. The van der Waals surface area contributed by atoms with Gasteiger partial charge in [-0.05, 0) is 17.7 Å². The molecule has 2 aromatic rings. The third kappa shape index (κ3) is 1.61. The number of rotatable bonds is 3. The van der Waals surface area contributed by atoms with E-state index in [9.17, 15) is 9.90 Å². The number of nitrogens with one attached hydrogen (secondary N) is 1. The number of nitrogens with two attached hydrogens (primary N) is 1. The number of phenolic OH excluding ortho intramolecular Hbond substituents is 1. The third-order valence-electron chi connectivity index (χ3n) is 2.56. The van der Waals surface area contributed by atoms with Crippen molar-refractivity contribution in [1.29, 1.82) is 0 Å². The fourth-order valence-electron chi connectivity index (χ4n) is 1.87. The number of carboxylic acid groups (broad SMARTS) is 1. The first-order chi connectivity index (χ1) is 7.63. The second-order valence-corrected chi connectivity index (χ2v) is 3.57. The number of aromatic hydroxyl groups is 1. The van der Waals surface area contributed by atoms with E-state index in [0.717, 1.165) is 5.52 Å². The van der Waals surface area contributed by atoms with E-state index in [0.29, 0.717) is 16.5 Å². The summed E-state index contributed by atoms with van der Waals surface area (Å²) in [6.07, 6.45) is 1.55. The van der Waals surface area contributed by atoms with Crippen LogP contribution in [-0.2, 0) is 17.8 Å². The molecular formula is C11H12N2O3. The lowest BCUT2D eigenvalue weighted by molar-refractivity contribution is -0.136. The van der Waals surface area contributed by atoms with Crippen LogP contribution in [0.3, 0.4) is 0 Å². The lowest BCUT2D eigenvalue weighted by Crippen LogP contribution is -2.02. The summed E-state index contributed by atoms with van der Waals surface area (Å²) in [4.78, 5) is 13.7. The number of benzene rings is 1. The number of aliphatic carboxylic acids is 1. The van der Waals surface area contributed by atoms with Crippen molar-refractivity contribution in [2.24, 2.45) is 5.73 Å². The number of phenols is 1. The van der Waals surface area contributed by atoms with Crippen molar-refractivity contribution in [1.82, 2.24) is 4.98 Å². The molecule has 84 valence electrons. The fraction of sp³-hybridized carbons (Fsp3) is 0.182. The number of carbonyl (C=O) groups is 1. The maximum absolute atomic E-state index is 10.7. The Bertz CT molecular complexity index is 545. The molecule has 0 fully saturated rings. The molecule has 0 aliphatic carbocycles. The van der Waals surface area contributed by atoms with Gasteiger partial charge in [0.15, 0.2) is 0 Å². The lowest BCUT2D eigenvalue weighted by atomic mass is 10.0. The van der Waals surface area contributed by atoms with Crippen molar-refractivity contribution in [3.05, 3.63) is 29.5 Å². The van der Waals surface area contributed by atoms with Crippen LogP contribution < -0.4 is 5.73 Å². The Morgan fingerprint density at radius 1 is 1.44 bits per heavy atom. The van der Waals surface area contributed by atoms with E-state index >= 15 is 0 Å². The van der Waals surface area contributed by atoms with Crippen molar-refractivity contribution in [3.63, 3.8) is 0 Å². The average Bonchev–Trinajstić information content (AvgIpc) is 2.61. The Labute approximate surface area is 91.5 Å². The minimum Gasteiger partial charge on any atom is -0.508 e. The monoisotopic (exact) mass is 220 g/mol. The molecule has 2 rings (SSSR count). The van der Waals surface area contributed by atoms with E-state index in [1.807, 2.05) is 0 Å². The van der Waals surface area contributed by atoms with Gasteiger partial charge in [0.05, 0.1) is 6.42 Å². The van der Waals surface area contributed by atoms with Crippen molar-refractivity contribution < 1.29 is 15.0 Å². The molecule has 0 radical (unpaired) electrons. The quantitative estimate of drug-likeness (QED) is 0.619. The Balaban J connectivity index is 2.67. The van der Waals surface area contributed by atoms with E-state index in [1.54, 1.807) is 18.3 Å². The number of carboxylic acids is 1. The van der Waals surface area contributed by atoms with Gasteiger partial charge >= 0.3 is 5.97 Å². The van der Waals surface area contributed by atoms with E-state index in [4.69, 9.17) is 10.8 Å². The third-order valence-corrected chi connectivity index (χ3v) is 2.56. The highest BCUT2D eigenvalue weighted by molar-refractivity contribution is 5.91. The summed E-state index contributed by atoms with van der Waals surface area (Å²) in [5.74, 6) is -0.812. The number of fused-ring (bicyclic) bond motifs is 1. The zero-order valence-electron chi connectivity index (χ0n) is 8.53. The summed E-state index contributed by atoms with van der Waals surface area (Å²) in [6.45, 7) is 0.174. The highest BCUT2D eigenvalue weighted by Gasteiger charge is 2.13. The molecule has 0 unspecified atom stereocenters. The van der Waals surface area contributed by atoms with Gasteiger partial charge in [-0.15, -0.1) is 0 Å². The van der Waals surface area contributed by atoms with Crippen molar-refractivity contribution >= 4 is 16.9 Å². The summed E-state index contributed by atoms with van der Waals surface area (Å²) in [5, 5.41) is 19.1. The number of hydrogen-bond donors (Lipinski definition) is 4. The second-order valence-electron chi connectivity index (χ2n) is 3.57. The molecule has 0 amide bonds. The minimum absolute atomic E-state index is 0.0869. The number of H-pyrrole nitrogens is 1. The molecule has 0 saturated heterocycles. The lowest BCUT2D eigenvalue weighted by Gasteiger charge is -2.05. The summed E-state index contributed by atoms with van der Waals surface area (Å²) in [7, 11) is 0. The van der Waals surface area contributed by atoms with Gasteiger partial charge in [-0.3, -0.25) is 4.79 Å². The Kier molecular flexibility index (Phi) is 2.54. The maximum Gasteiger partial charge on any atom is 0.307 e. The normalized spacial score (nSPS) is 10.8. The van der Waals surface area contributed by atoms with Crippen LogP contribution in [0.25, 0.3) is 10.9 Å². The summed E-state index contributed by atoms with van der Waals surface area (Å²) >= 11 is 0. The first-order valence-corrected chi connectivity index (χ1v) is 4.86. The van der Waals surface area contributed by atoms with Crippen LogP contribution >= 0.6 is 0 Å². The minimum atomic E-state index is -0.910. The summed E-state index contributed by atoms with van der Waals surface area (Å²) < 4.78 is 0. The van der Waals surface area contributed by atoms with Crippen LogP contribution in [0.2, 0.25) is 0 Å². The first-order valence-electron chi connectivity index (χ1n) is 4.86.